The lowest BCUT2D eigenvalue weighted by molar-refractivity contribution is -0.132. The Morgan fingerprint density at radius 2 is 1.82 bits per heavy atom. The van der Waals surface area contributed by atoms with Gasteiger partial charge < -0.3 is 14.3 Å². The number of aryl methyl sites for hydroxylation is 1. The molecule has 1 saturated heterocycles. The quantitative estimate of drug-likeness (QED) is 0.247. The third-order valence-electron chi connectivity index (χ3n) is 5.88. The van der Waals surface area contributed by atoms with E-state index in [1.165, 1.54) is 12.0 Å². The number of ketones is 1. The van der Waals surface area contributed by atoms with E-state index in [2.05, 4.69) is 36.7 Å². The summed E-state index contributed by atoms with van der Waals surface area (Å²) in [5.41, 5.74) is 1.53. The Balaban J connectivity index is 1.99. The third-order valence-corrected chi connectivity index (χ3v) is 6.38. The van der Waals surface area contributed by atoms with Crippen LogP contribution >= 0.6 is 15.9 Å². The van der Waals surface area contributed by atoms with Crippen LogP contribution in [0.15, 0.2) is 69.1 Å². The highest BCUT2D eigenvalue weighted by Gasteiger charge is 2.48. The molecule has 7 heteroatoms. The van der Waals surface area contributed by atoms with Crippen molar-refractivity contribution in [3.63, 3.8) is 0 Å². The number of furan rings is 1. The summed E-state index contributed by atoms with van der Waals surface area (Å²) in [5.74, 6) is -0.443. The van der Waals surface area contributed by atoms with E-state index in [4.69, 9.17) is 9.15 Å². The summed E-state index contributed by atoms with van der Waals surface area (Å²) in [5, 5.41) is 11.5. The van der Waals surface area contributed by atoms with Crippen molar-refractivity contribution in [2.45, 2.75) is 39.2 Å². The number of rotatable bonds is 4. The van der Waals surface area contributed by atoms with Gasteiger partial charge in [0.15, 0.2) is 0 Å². The maximum atomic E-state index is 13.4. The predicted molar refractivity (Wildman–Crippen MR) is 134 cm³/mol. The summed E-state index contributed by atoms with van der Waals surface area (Å²) in [6, 6.07) is 15.1. The first-order chi connectivity index (χ1) is 16.0. The third kappa shape index (κ3) is 4.16. The molecule has 0 radical (unpaired) electrons. The minimum absolute atomic E-state index is 0.0521. The van der Waals surface area contributed by atoms with Gasteiger partial charge in [-0.1, -0.05) is 48.8 Å². The summed E-state index contributed by atoms with van der Waals surface area (Å²) >= 11 is 3.43. The van der Waals surface area contributed by atoms with E-state index in [1.54, 1.807) is 49.4 Å². The SMILES string of the molecule is COc1ccc(C(C)(C)C)cc1/C(O)=C1\C(=O)C(=O)N(c2cccc(Br)c2)C1c1ccc(C)o1. The van der Waals surface area contributed by atoms with Crippen LogP contribution in [0.1, 0.15) is 49.5 Å². The van der Waals surface area contributed by atoms with Gasteiger partial charge in [0, 0.05) is 10.2 Å². The first-order valence-electron chi connectivity index (χ1n) is 10.8. The molecule has 0 saturated carbocycles. The molecule has 2 aromatic carbocycles. The van der Waals surface area contributed by atoms with Gasteiger partial charge in [-0.15, -0.1) is 0 Å². The Labute approximate surface area is 207 Å². The van der Waals surface area contributed by atoms with Gasteiger partial charge in [-0.2, -0.15) is 0 Å². The molecule has 1 atom stereocenters. The number of Topliss-reactive ketones (excluding diaryl/α,β-unsaturated/α-hetero) is 1. The number of carbonyl (C=O) groups excluding carboxylic acids is 2. The van der Waals surface area contributed by atoms with Gasteiger partial charge >= 0.3 is 0 Å². The number of halogens is 1. The Kier molecular flexibility index (Phi) is 6.16. The van der Waals surface area contributed by atoms with Gasteiger partial charge in [-0.3, -0.25) is 14.5 Å². The van der Waals surface area contributed by atoms with Crippen LogP contribution in [0.5, 0.6) is 5.75 Å². The molecule has 3 aromatic rings. The molecule has 1 fully saturated rings. The topological polar surface area (TPSA) is 80.0 Å². The average molecular weight is 524 g/mol. The molecule has 1 amide bonds. The number of nitrogens with zero attached hydrogens (tertiary/aromatic N) is 1. The van der Waals surface area contributed by atoms with Crippen LogP contribution in [-0.4, -0.2) is 23.9 Å². The van der Waals surface area contributed by atoms with Gasteiger partial charge in [0.25, 0.3) is 11.7 Å². The van der Waals surface area contributed by atoms with Crippen molar-refractivity contribution in [2.24, 2.45) is 0 Å². The molecular weight excluding hydrogens is 498 g/mol. The molecule has 0 bridgehead atoms. The van der Waals surface area contributed by atoms with E-state index in [-0.39, 0.29) is 16.7 Å². The van der Waals surface area contributed by atoms with E-state index in [9.17, 15) is 14.7 Å². The monoisotopic (exact) mass is 523 g/mol. The molecule has 1 N–H and O–H groups in total. The van der Waals surface area contributed by atoms with Crippen LogP contribution in [0.3, 0.4) is 0 Å². The lowest BCUT2D eigenvalue weighted by Gasteiger charge is -2.24. The molecule has 1 unspecified atom stereocenters. The normalized spacial score (nSPS) is 17.9. The van der Waals surface area contributed by atoms with Gasteiger partial charge in [0.05, 0.1) is 18.2 Å². The van der Waals surface area contributed by atoms with Crippen LogP contribution < -0.4 is 9.64 Å². The van der Waals surface area contributed by atoms with Crippen molar-refractivity contribution in [2.75, 3.05) is 12.0 Å². The second-order valence-corrected chi connectivity index (χ2v) is 10.2. The summed E-state index contributed by atoms with van der Waals surface area (Å²) in [4.78, 5) is 28.0. The standard InChI is InChI=1S/C27H26BrNO5/c1-15-9-11-21(34-15)23-22(25(31)26(32)29(23)18-8-6-7-17(28)14-18)24(30)19-13-16(27(2,3)4)10-12-20(19)33-5/h6-14,23,30H,1-5H3/b24-22+. The van der Waals surface area contributed by atoms with Gasteiger partial charge in [-0.25, -0.2) is 0 Å². The number of benzene rings is 2. The Bertz CT molecular complexity index is 1310. The first-order valence-corrected chi connectivity index (χ1v) is 11.6. The zero-order chi connectivity index (χ0) is 24.8. The number of hydrogen-bond donors (Lipinski definition) is 1. The highest BCUT2D eigenvalue weighted by atomic mass is 79.9. The van der Waals surface area contributed by atoms with Crippen LogP contribution in [0.25, 0.3) is 5.76 Å². The number of anilines is 1. The number of carbonyl (C=O) groups is 2. The van der Waals surface area contributed by atoms with E-state index in [0.29, 0.717) is 28.5 Å². The van der Waals surface area contributed by atoms with Crippen molar-refractivity contribution < 1.29 is 23.8 Å². The fraction of sp³-hybridized carbons (Fsp3) is 0.259. The molecule has 2 heterocycles. The summed E-state index contributed by atoms with van der Waals surface area (Å²) < 4.78 is 12.1. The van der Waals surface area contributed by atoms with Crippen LogP contribution in [-0.2, 0) is 15.0 Å². The van der Waals surface area contributed by atoms with Crippen molar-refractivity contribution in [3.8, 4) is 5.75 Å². The number of aliphatic hydroxyl groups excluding tert-OH is 1. The number of ether oxygens (including phenoxy) is 1. The predicted octanol–water partition coefficient (Wildman–Crippen LogP) is 6.28. The zero-order valence-electron chi connectivity index (χ0n) is 19.7. The Morgan fingerprint density at radius 3 is 2.41 bits per heavy atom. The number of hydrogen-bond acceptors (Lipinski definition) is 5. The molecule has 4 rings (SSSR count). The van der Waals surface area contributed by atoms with Gasteiger partial charge in [0.1, 0.15) is 29.1 Å². The lowest BCUT2D eigenvalue weighted by atomic mass is 9.85. The molecule has 1 aromatic heterocycles. The van der Waals surface area contributed by atoms with Crippen molar-refractivity contribution >= 4 is 39.1 Å². The summed E-state index contributed by atoms with van der Waals surface area (Å²) in [6.07, 6.45) is 0. The van der Waals surface area contributed by atoms with E-state index in [1.807, 2.05) is 12.1 Å². The number of aliphatic hydroxyl groups is 1. The fourth-order valence-electron chi connectivity index (χ4n) is 4.10. The lowest BCUT2D eigenvalue weighted by Crippen LogP contribution is -2.29. The van der Waals surface area contributed by atoms with Crippen LogP contribution in [0.4, 0.5) is 5.69 Å². The molecule has 34 heavy (non-hydrogen) atoms. The van der Waals surface area contributed by atoms with E-state index >= 15 is 0 Å². The molecule has 1 aliphatic heterocycles. The summed E-state index contributed by atoms with van der Waals surface area (Å²) in [6.45, 7) is 7.94. The molecule has 6 nitrogen and oxygen atoms in total. The average Bonchev–Trinajstić information content (AvgIpc) is 3.33. The molecule has 1 aliphatic rings. The molecule has 0 spiro atoms. The second-order valence-electron chi connectivity index (χ2n) is 9.26. The summed E-state index contributed by atoms with van der Waals surface area (Å²) in [7, 11) is 1.50. The highest BCUT2D eigenvalue weighted by molar-refractivity contribution is 9.10. The minimum Gasteiger partial charge on any atom is -0.507 e. The molecule has 0 aliphatic carbocycles. The first kappa shape index (κ1) is 23.8. The highest BCUT2D eigenvalue weighted by Crippen LogP contribution is 2.44. The Morgan fingerprint density at radius 1 is 1.09 bits per heavy atom. The maximum absolute atomic E-state index is 13.4. The molecule has 176 valence electrons. The number of methoxy groups -OCH3 is 1. The van der Waals surface area contributed by atoms with Crippen LogP contribution in [0.2, 0.25) is 0 Å². The minimum atomic E-state index is -0.939. The zero-order valence-corrected chi connectivity index (χ0v) is 21.3. The second kappa shape index (κ2) is 8.80. The number of amides is 1. The van der Waals surface area contributed by atoms with E-state index < -0.39 is 17.7 Å². The maximum Gasteiger partial charge on any atom is 0.300 e. The van der Waals surface area contributed by atoms with E-state index in [0.717, 1.165) is 10.0 Å². The fourth-order valence-corrected chi connectivity index (χ4v) is 4.49. The largest absolute Gasteiger partial charge is 0.507 e. The van der Waals surface area contributed by atoms with Crippen molar-refractivity contribution in [1.82, 2.24) is 0 Å². The van der Waals surface area contributed by atoms with Gasteiger partial charge in [-0.05, 0) is 60.4 Å². The van der Waals surface area contributed by atoms with Crippen LogP contribution in [0, 0.1) is 6.92 Å². The Hall–Kier alpha value is -3.32. The molecular formula is C27H26BrNO5. The van der Waals surface area contributed by atoms with Gasteiger partial charge in [0.2, 0.25) is 0 Å². The van der Waals surface area contributed by atoms with Crippen molar-refractivity contribution in [3.05, 3.63) is 87.3 Å². The van der Waals surface area contributed by atoms with Crippen molar-refractivity contribution in [1.29, 1.82) is 0 Å². The smallest absolute Gasteiger partial charge is 0.300 e.